The van der Waals surface area contributed by atoms with Crippen molar-refractivity contribution in [3.63, 3.8) is 0 Å². The van der Waals surface area contributed by atoms with Crippen LogP contribution in [0.2, 0.25) is 0 Å². The van der Waals surface area contributed by atoms with Crippen LogP contribution in [0, 0.1) is 40.4 Å². The number of aliphatic hydroxyl groups is 8. The van der Waals surface area contributed by atoms with Gasteiger partial charge in [-0.25, -0.2) is 0 Å². The molecule has 4 aliphatic heterocycles. The van der Waals surface area contributed by atoms with Crippen molar-refractivity contribution in [2.75, 3.05) is 19.8 Å². The maximum atomic E-state index is 12.9. The second-order valence-electron chi connectivity index (χ2n) is 18.4. The van der Waals surface area contributed by atoms with Gasteiger partial charge in [0.2, 0.25) is 0 Å². The molecule has 0 amide bonds. The lowest BCUT2D eigenvalue weighted by Gasteiger charge is -2.62. The number of rotatable bonds is 6. The monoisotopic (exact) mass is 754 g/mol. The molecule has 7 fully saturated rings. The van der Waals surface area contributed by atoms with Crippen LogP contribution >= 0.6 is 0 Å². The minimum Gasteiger partial charge on any atom is -0.394 e. The summed E-state index contributed by atoms with van der Waals surface area (Å²) in [5.41, 5.74) is 0.0452. The summed E-state index contributed by atoms with van der Waals surface area (Å²) < 4.78 is 36.7. The van der Waals surface area contributed by atoms with Crippen LogP contribution in [0.1, 0.15) is 85.5 Å². The second-order valence-corrected chi connectivity index (χ2v) is 18.4. The molecule has 8 aliphatic rings. The van der Waals surface area contributed by atoms with Gasteiger partial charge in [0.25, 0.3) is 0 Å². The molecule has 4 saturated heterocycles. The van der Waals surface area contributed by atoms with Crippen LogP contribution in [0.4, 0.5) is 0 Å². The molecule has 4 aliphatic carbocycles. The van der Waals surface area contributed by atoms with Crippen LogP contribution < -0.4 is 0 Å². The molecule has 4 heterocycles. The van der Waals surface area contributed by atoms with E-state index in [0.29, 0.717) is 31.1 Å². The highest BCUT2D eigenvalue weighted by Crippen LogP contribution is 2.72. The second kappa shape index (κ2) is 13.9. The van der Waals surface area contributed by atoms with Gasteiger partial charge in [-0.1, -0.05) is 39.3 Å². The number of hydrogen-bond acceptors (Lipinski definition) is 14. The quantitative estimate of drug-likeness (QED) is 0.173. The highest BCUT2D eigenvalue weighted by molar-refractivity contribution is 5.29. The molecule has 0 aromatic carbocycles. The molecule has 0 radical (unpaired) electrons. The van der Waals surface area contributed by atoms with Crippen LogP contribution in [0.3, 0.4) is 0 Å². The average molecular weight is 755 g/mol. The van der Waals surface area contributed by atoms with Crippen molar-refractivity contribution in [3.8, 4) is 0 Å². The van der Waals surface area contributed by atoms with Gasteiger partial charge in [0.1, 0.15) is 48.8 Å². The van der Waals surface area contributed by atoms with Gasteiger partial charge >= 0.3 is 0 Å². The molecule has 8 rings (SSSR count). The fourth-order valence-corrected chi connectivity index (χ4v) is 12.6. The first-order valence-electron chi connectivity index (χ1n) is 20.1. The zero-order valence-electron chi connectivity index (χ0n) is 31.4. The number of aliphatic hydroxyl groups excluding tert-OH is 7. The lowest BCUT2D eigenvalue weighted by Crippen LogP contribution is -2.65. The Bertz CT molecular complexity index is 1370. The lowest BCUT2D eigenvalue weighted by atomic mass is 9.45. The summed E-state index contributed by atoms with van der Waals surface area (Å²) in [5.74, 6) is 0.869. The first-order valence-corrected chi connectivity index (χ1v) is 20.1. The molecule has 8 N–H and O–H groups in total. The topological polar surface area (TPSA) is 217 Å². The zero-order chi connectivity index (χ0) is 37.8. The number of ether oxygens (including phenoxy) is 6. The van der Waals surface area contributed by atoms with Crippen LogP contribution in [-0.4, -0.2) is 146 Å². The van der Waals surface area contributed by atoms with Gasteiger partial charge in [0.15, 0.2) is 18.4 Å². The van der Waals surface area contributed by atoms with Crippen molar-refractivity contribution in [1.29, 1.82) is 0 Å². The Morgan fingerprint density at radius 1 is 0.792 bits per heavy atom. The maximum absolute atomic E-state index is 12.9. The average Bonchev–Trinajstić information content (AvgIpc) is 3.54. The van der Waals surface area contributed by atoms with E-state index in [1.165, 1.54) is 5.57 Å². The Labute approximate surface area is 311 Å². The summed E-state index contributed by atoms with van der Waals surface area (Å²) in [6.45, 7) is 8.59. The minimum atomic E-state index is -1.73. The molecule has 0 aromatic rings. The minimum absolute atomic E-state index is 0.0169. The Kier molecular flexibility index (Phi) is 10.3. The highest BCUT2D eigenvalue weighted by Gasteiger charge is 2.74. The molecule has 0 aromatic heterocycles. The SMILES string of the molecule is C[C@@H]1CC[C@@]2(OC1)O[C@H]1C[C@@]3(O)[C@@H]4CC=C5C[C@@H](O[C@@H]6O[C@H](CO)[C@H](O[C@@H]7O[C@H](CO)[C@@H](O)[C@H](O)[C@H]7O)[C@H](O)[C@H]6O)CC[C@]5(C)[C@H]4CC[C@]3(C)[C@H]1[C@@H]2C. The van der Waals surface area contributed by atoms with Gasteiger partial charge in [0.05, 0.1) is 37.6 Å². The van der Waals surface area contributed by atoms with Crippen molar-refractivity contribution in [2.45, 2.75) is 170 Å². The molecule has 0 bridgehead atoms. The van der Waals surface area contributed by atoms with E-state index < -0.39 is 86.0 Å². The van der Waals surface area contributed by atoms with Gasteiger partial charge in [-0.2, -0.15) is 0 Å². The molecule has 53 heavy (non-hydrogen) atoms. The van der Waals surface area contributed by atoms with Crippen molar-refractivity contribution in [2.24, 2.45) is 40.4 Å². The normalized spacial score (nSPS) is 58.0. The van der Waals surface area contributed by atoms with Crippen molar-refractivity contribution >= 4 is 0 Å². The van der Waals surface area contributed by atoms with Crippen LogP contribution in [0.5, 0.6) is 0 Å². The third-order valence-electron chi connectivity index (χ3n) is 15.8. The van der Waals surface area contributed by atoms with Gasteiger partial charge < -0.3 is 69.3 Å². The third kappa shape index (κ3) is 5.87. The van der Waals surface area contributed by atoms with Crippen molar-refractivity contribution in [3.05, 3.63) is 11.6 Å². The maximum Gasteiger partial charge on any atom is 0.187 e. The largest absolute Gasteiger partial charge is 0.394 e. The van der Waals surface area contributed by atoms with Gasteiger partial charge in [0, 0.05) is 30.1 Å². The fraction of sp³-hybridized carbons (Fsp3) is 0.949. The third-order valence-corrected chi connectivity index (χ3v) is 15.8. The Hall–Kier alpha value is -0.820. The van der Waals surface area contributed by atoms with E-state index >= 15 is 0 Å². The summed E-state index contributed by atoms with van der Waals surface area (Å²) in [6.07, 6.45) is -5.48. The van der Waals surface area contributed by atoms with Gasteiger partial charge in [-0.3, -0.25) is 0 Å². The van der Waals surface area contributed by atoms with E-state index in [-0.39, 0.29) is 40.8 Å². The van der Waals surface area contributed by atoms with Crippen LogP contribution in [0.15, 0.2) is 11.6 Å². The Morgan fingerprint density at radius 2 is 1.49 bits per heavy atom. The van der Waals surface area contributed by atoms with Crippen molar-refractivity contribution < 1.29 is 69.3 Å². The number of fused-ring (bicyclic) bond motifs is 7. The molecule has 1 spiro atoms. The van der Waals surface area contributed by atoms with E-state index in [2.05, 4.69) is 33.8 Å². The zero-order valence-corrected chi connectivity index (χ0v) is 31.4. The molecule has 302 valence electrons. The standard InChI is InChI=1S/C39H62O14/c1-18-7-12-39(48-17-18)19(2)27-24(53-39)14-38(47)23-6-5-20-13-21(8-10-36(20,3)22(23)9-11-37(27,38)4)49-34-32(46)30(44)33(26(16-41)51-34)52-35-31(45)29(43)28(42)25(15-40)50-35/h5,18-19,21-35,40-47H,6-17H2,1-4H3/t18-,19+,21+,22+,23-,24+,25-,26-,27+,28-,29+,30-,31-,32-,33+,34-,35+,36+,37-,38-,39-/m1/s1. The molecular weight excluding hydrogens is 692 g/mol. The molecular formula is C39H62O14. The molecule has 3 saturated carbocycles. The van der Waals surface area contributed by atoms with E-state index in [1.807, 2.05) is 0 Å². The van der Waals surface area contributed by atoms with Crippen LogP contribution in [0.25, 0.3) is 0 Å². The summed E-state index contributed by atoms with van der Waals surface area (Å²) in [7, 11) is 0. The van der Waals surface area contributed by atoms with Gasteiger partial charge in [-0.05, 0) is 68.1 Å². The van der Waals surface area contributed by atoms with Crippen LogP contribution in [-0.2, 0) is 28.4 Å². The summed E-state index contributed by atoms with van der Waals surface area (Å²) in [4.78, 5) is 0. The molecule has 21 atom stereocenters. The summed E-state index contributed by atoms with van der Waals surface area (Å²) >= 11 is 0. The molecule has 0 unspecified atom stereocenters. The summed E-state index contributed by atoms with van der Waals surface area (Å²) in [5, 5.41) is 85.6. The van der Waals surface area contributed by atoms with E-state index in [4.69, 9.17) is 28.4 Å². The first-order chi connectivity index (χ1) is 25.1. The van der Waals surface area contributed by atoms with E-state index in [1.54, 1.807) is 0 Å². The van der Waals surface area contributed by atoms with E-state index in [9.17, 15) is 40.9 Å². The lowest BCUT2D eigenvalue weighted by molar-refractivity contribution is -0.363. The van der Waals surface area contributed by atoms with Gasteiger partial charge in [-0.15, -0.1) is 0 Å². The summed E-state index contributed by atoms with van der Waals surface area (Å²) in [6, 6.07) is 0. The molecule has 14 heteroatoms. The first kappa shape index (κ1) is 39.0. The van der Waals surface area contributed by atoms with Crippen molar-refractivity contribution in [1.82, 2.24) is 0 Å². The Morgan fingerprint density at radius 3 is 2.19 bits per heavy atom. The smallest absolute Gasteiger partial charge is 0.187 e. The predicted octanol–water partition coefficient (Wildman–Crippen LogP) is 0.477. The number of allylic oxidation sites excluding steroid dienone is 1. The number of hydrogen-bond donors (Lipinski definition) is 8. The predicted molar refractivity (Wildman–Crippen MR) is 184 cm³/mol. The Balaban J connectivity index is 0.929. The highest BCUT2D eigenvalue weighted by atomic mass is 16.7. The fourth-order valence-electron chi connectivity index (χ4n) is 12.6. The van der Waals surface area contributed by atoms with E-state index in [0.717, 1.165) is 45.1 Å². The molecule has 14 nitrogen and oxygen atoms in total.